The van der Waals surface area contributed by atoms with E-state index >= 15 is 0 Å². The lowest BCUT2D eigenvalue weighted by Crippen LogP contribution is -2.58. The second-order valence-electron chi connectivity index (χ2n) is 19.2. The van der Waals surface area contributed by atoms with Crippen molar-refractivity contribution in [2.45, 2.75) is 139 Å². The highest BCUT2D eigenvalue weighted by atomic mass is 16.6. The average Bonchev–Trinajstić information content (AvgIpc) is 3.88. The maximum atomic E-state index is 14.5. The third-order valence-corrected chi connectivity index (χ3v) is 12.7. The highest BCUT2D eigenvalue weighted by Crippen LogP contribution is 2.27. The molecule has 0 unspecified atom stereocenters. The van der Waals surface area contributed by atoms with Gasteiger partial charge in [0.05, 0.1) is 24.3 Å². The minimum absolute atomic E-state index is 0.00787. The largest absolute Gasteiger partial charge is 0.376 e. The molecule has 3 aliphatic heterocycles. The Hall–Kier alpha value is -6.04. The summed E-state index contributed by atoms with van der Waals surface area (Å²) in [4.78, 5) is 113. The number of carbonyl (C=O) groups excluding carboxylic acids is 8. The van der Waals surface area contributed by atoms with Crippen LogP contribution < -0.4 is 54.0 Å². The molecule has 2 aromatic carbocycles. The van der Waals surface area contributed by atoms with Gasteiger partial charge in [-0.3, -0.25) is 38.4 Å². The quantitative estimate of drug-likeness (QED) is 0.0869. The molecule has 22 heteroatoms. The van der Waals surface area contributed by atoms with E-state index in [1.54, 1.807) is 60.7 Å². The third-order valence-electron chi connectivity index (χ3n) is 12.7. The number of rotatable bonds is 16. The smallest absolute Gasteiger partial charge is 0.252 e. The van der Waals surface area contributed by atoms with E-state index in [0.29, 0.717) is 11.1 Å². The summed E-state index contributed by atoms with van der Waals surface area (Å²) in [6.45, 7) is 6.96. The van der Waals surface area contributed by atoms with Gasteiger partial charge in [0, 0.05) is 66.1 Å². The molecule has 5 rings (SSSR count). The Morgan fingerprint density at radius 1 is 0.556 bits per heavy atom. The average molecular weight is 1010 g/mol. The number of benzene rings is 2. The van der Waals surface area contributed by atoms with E-state index < -0.39 is 120 Å². The molecule has 0 aromatic heterocycles. The molecule has 4 bridgehead atoms. The predicted molar refractivity (Wildman–Crippen MR) is 263 cm³/mol. The molecule has 0 saturated carbocycles. The minimum atomic E-state index is -1.43. The molecule has 3 fully saturated rings. The number of ether oxygens (including phenoxy) is 4. The number of hydrogen-bond donors (Lipinski definition) is 10. The van der Waals surface area contributed by atoms with Crippen molar-refractivity contribution >= 4 is 47.3 Å². The summed E-state index contributed by atoms with van der Waals surface area (Å²) in [7, 11) is 2.66. The fraction of sp³-hybridized carbons (Fsp3) is 0.600. The first-order valence-electron chi connectivity index (χ1n) is 24.7. The van der Waals surface area contributed by atoms with Gasteiger partial charge in [-0.05, 0) is 35.8 Å². The number of carbonyl (C=O) groups is 8. The van der Waals surface area contributed by atoms with Crippen LogP contribution in [-0.2, 0) is 70.1 Å². The van der Waals surface area contributed by atoms with Crippen LogP contribution >= 0.6 is 0 Å². The standard InChI is InChI=1S/C50H74N10O12/c1-27(2)21-31-45(63)53-25-35-39(59-37(61)17-19-51)41(69-5)44(71-35)50(68)58-34(24-30-15-11-8-12-16-30)48(66)56-32(22-28(3)4)46(64)54-26-36-40(60-38(62)18-20-52)42(70-6)43(72-36)49(67)57-33(47(65)55-31)23-29-13-9-7-10-14-29/h7-16,27-28,31-36,39-44H,17-26,51-52H2,1-6H3,(H,53,63)(H,54,64)(H,55,65)(H,56,66)(H,57,67)(H,58,68)(H,59,61)(H,60,62)/t31-,32-,33-,34-,35+,36+,39+,40+,41+,42+,43+,44+/m0/s1. The van der Waals surface area contributed by atoms with Gasteiger partial charge in [0.15, 0.2) is 12.2 Å². The van der Waals surface area contributed by atoms with Gasteiger partial charge in [-0.15, -0.1) is 0 Å². The molecule has 22 nitrogen and oxygen atoms in total. The Kier molecular flexibility index (Phi) is 21.9. The van der Waals surface area contributed by atoms with E-state index in [9.17, 15) is 38.4 Å². The number of methoxy groups -OCH3 is 2. The van der Waals surface area contributed by atoms with Gasteiger partial charge in [0.25, 0.3) is 11.8 Å². The SMILES string of the molecule is CO[C@@H]1[C@H](NC(=O)CCN)[C@H]2CNC(=O)[C@H](CC(C)C)NC(=O)[C@H](Cc3ccccc3)NC(=O)[C@@H]3O[C@H](CNC(=O)[C@H](CC(C)C)NC(=O)[C@H](Cc4ccccc4)NC(=O)[C@@H]1O2)[C@@H](NC(=O)CCN)[C@H]3OC. The molecular weight excluding hydrogens is 933 g/mol. The molecule has 2 aromatic rings. The second-order valence-corrected chi connectivity index (χ2v) is 19.2. The molecule has 396 valence electrons. The lowest BCUT2D eigenvalue weighted by Gasteiger charge is -2.28. The molecule has 0 radical (unpaired) electrons. The molecule has 3 saturated heterocycles. The maximum Gasteiger partial charge on any atom is 0.252 e. The van der Waals surface area contributed by atoms with Crippen molar-refractivity contribution in [1.82, 2.24) is 42.5 Å². The molecule has 72 heavy (non-hydrogen) atoms. The van der Waals surface area contributed by atoms with Crippen molar-refractivity contribution in [3.8, 4) is 0 Å². The van der Waals surface area contributed by atoms with Crippen molar-refractivity contribution in [2.24, 2.45) is 23.3 Å². The molecule has 3 aliphatic rings. The first kappa shape index (κ1) is 56.9. The summed E-state index contributed by atoms with van der Waals surface area (Å²) in [6.07, 6.45) is -7.08. The summed E-state index contributed by atoms with van der Waals surface area (Å²) in [5, 5.41) is 22.6. The summed E-state index contributed by atoms with van der Waals surface area (Å²) < 4.78 is 24.3. The topological polar surface area (TPSA) is 322 Å². The fourth-order valence-electron chi connectivity index (χ4n) is 9.17. The van der Waals surface area contributed by atoms with E-state index in [-0.39, 0.29) is 76.5 Å². The Labute approximate surface area is 420 Å². The molecule has 0 aliphatic carbocycles. The van der Waals surface area contributed by atoms with Crippen LogP contribution in [0.5, 0.6) is 0 Å². The molecule has 3 heterocycles. The van der Waals surface area contributed by atoms with Gasteiger partial charge in [-0.25, -0.2) is 0 Å². The Balaban J connectivity index is 1.57. The molecular formula is C50H74N10O12. The van der Waals surface area contributed by atoms with Crippen molar-refractivity contribution in [3.63, 3.8) is 0 Å². The van der Waals surface area contributed by atoms with Crippen molar-refractivity contribution in [2.75, 3.05) is 40.4 Å². The lowest BCUT2D eigenvalue weighted by atomic mass is 9.99. The zero-order chi connectivity index (χ0) is 52.5. The monoisotopic (exact) mass is 1010 g/mol. The van der Waals surface area contributed by atoms with E-state index in [0.717, 1.165) is 0 Å². The van der Waals surface area contributed by atoms with E-state index in [4.69, 9.17) is 30.4 Å². The van der Waals surface area contributed by atoms with E-state index in [1.807, 2.05) is 27.7 Å². The number of nitrogens with two attached hydrogens (primary N) is 2. The molecule has 8 amide bonds. The summed E-state index contributed by atoms with van der Waals surface area (Å²) >= 11 is 0. The maximum absolute atomic E-state index is 14.5. The van der Waals surface area contributed by atoms with Crippen LogP contribution in [-0.4, -0.2) is 161 Å². The van der Waals surface area contributed by atoms with Gasteiger partial charge in [0.2, 0.25) is 35.4 Å². The number of hydrogen-bond acceptors (Lipinski definition) is 14. The molecule has 12 N–H and O–H groups in total. The highest BCUT2D eigenvalue weighted by molar-refractivity contribution is 5.95. The molecule has 0 spiro atoms. The minimum Gasteiger partial charge on any atom is -0.376 e. The third kappa shape index (κ3) is 16.0. The van der Waals surface area contributed by atoms with Crippen LogP contribution in [0, 0.1) is 11.8 Å². The van der Waals surface area contributed by atoms with Crippen LogP contribution in [0.4, 0.5) is 0 Å². The van der Waals surface area contributed by atoms with Crippen molar-refractivity contribution in [3.05, 3.63) is 71.8 Å². The Bertz CT molecular complexity index is 2000. The molecule has 12 atom stereocenters. The van der Waals surface area contributed by atoms with Gasteiger partial charge in [0.1, 0.15) is 36.4 Å². The first-order valence-corrected chi connectivity index (χ1v) is 24.7. The summed E-state index contributed by atoms with van der Waals surface area (Å²) in [5.41, 5.74) is 12.8. The normalized spacial score (nSPS) is 29.0. The zero-order valence-corrected chi connectivity index (χ0v) is 42.0. The number of nitrogens with one attached hydrogen (secondary N) is 8. The highest BCUT2D eigenvalue weighted by Gasteiger charge is 2.51. The van der Waals surface area contributed by atoms with Gasteiger partial charge in [-0.1, -0.05) is 88.4 Å². The number of amides is 8. The van der Waals surface area contributed by atoms with E-state index in [2.05, 4.69) is 42.5 Å². The van der Waals surface area contributed by atoms with Crippen LogP contribution in [0.15, 0.2) is 60.7 Å². The zero-order valence-electron chi connectivity index (χ0n) is 42.0. The van der Waals surface area contributed by atoms with Crippen LogP contribution in [0.2, 0.25) is 0 Å². The van der Waals surface area contributed by atoms with Crippen LogP contribution in [0.1, 0.15) is 64.5 Å². The number of fused-ring (bicyclic) bond motifs is 4. The Morgan fingerprint density at radius 2 is 0.903 bits per heavy atom. The summed E-state index contributed by atoms with van der Waals surface area (Å²) in [5.74, 6) is -5.36. The van der Waals surface area contributed by atoms with Gasteiger partial charge < -0.3 is 72.9 Å². The van der Waals surface area contributed by atoms with Crippen molar-refractivity contribution < 1.29 is 57.3 Å². The van der Waals surface area contributed by atoms with E-state index in [1.165, 1.54) is 14.2 Å². The van der Waals surface area contributed by atoms with Crippen molar-refractivity contribution in [1.29, 1.82) is 0 Å². The fourth-order valence-corrected chi connectivity index (χ4v) is 9.17. The van der Waals surface area contributed by atoms with Gasteiger partial charge in [-0.2, -0.15) is 0 Å². The Morgan fingerprint density at radius 3 is 1.22 bits per heavy atom. The van der Waals surface area contributed by atoms with Crippen LogP contribution in [0.25, 0.3) is 0 Å². The second kappa shape index (κ2) is 27.7. The van der Waals surface area contributed by atoms with Crippen LogP contribution in [0.3, 0.4) is 0 Å². The lowest BCUT2D eigenvalue weighted by molar-refractivity contribution is -0.141. The van der Waals surface area contributed by atoms with Gasteiger partial charge >= 0.3 is 0 Å². The predicted octanol–water partition coefficient (Wildman–Crippen LogP) is -2.02. The first-order chi connectivity index (χ1) is 34.5. The summed E-state index contributed by atoms with van der Waals surface area (Å²) in [6, 6.07) is 10.9.